The van der Waals surface area contributed by atoms with Gasteiger partial charge in [-0.05, 0) is 37.3 Å². The van der Waals surface area contributed by atoms with Crippen molar-refractivity contribution < 1.29 is 14.0 Å². The number of hydrazine groups is 1. The molecule has 3 N–H and O–H groups in total. The predicted molar refractivity (Wildman–Crippen MR) is 123 cm³/mol. The Balaban J connectivity index is 1.44. The Morgan fingerprint density at radius 1 is 0.912 bits per heavy atom. The Morgan fingerprint density at radius 2 is 1.62 bits per heavy atom. The van der Waals surface area contributed by atoms with E-state index in [0.717, 1.165) is 5.69 Å². The van der Waals surface area contributed by atoms with Crippen LogP contribution in [0.2, 0.25) is 0 Å². The number of aromatic amines is 1. The van der Waals surface area contributed by atoms with Crippen molar-refractivity contribution in [3.8, 4) is 17.1 Å². The summed E-state index contributed by atoms with van der Waals surface area (Å²) in [6.45, 7) is 1.79. The van der Waals surface area contributed by atoms with E-state index in [1.54, 1.807) is 54.2 Å². The number of carbonyl (C=O) groups excluding carboxylic acids is 2. The summed E-state index contributed by atoms with van der Waals surface area (Å²) >= 11 is 0. The molecule has 0 bridgehead atoms. The normalized spacial score (nSPS) is 10.9. The molecule has 0 saturated carbocycles. The van der Waals surface area contributed by atoms with Crippen LogP contribution in [0.1, 0.15) is 26.6 Å². The second-order valence-electron chi connectivity index (χ2n) is 7.44. The molecule has 3 aromatic heterocycles. The number of carbonyl (C=O) groups is 2. The van der Waals surface area contributed by atoms with E-state index >= 15 is 0 Å². The van der Waals surface area contributed by atoms with E-state index < -0.39 is 17.4 Å². The second-order valence-corrected chi connectivity index (χ2v) is 7.44. The van der Waals surface area contributed by atoms with Crippen molar-refractivity contribution in [2.24, 2.45) is 0 Å². The largest absolute Gasteiger partial charge is 0.460 e. The van der Waals surface area contributed by atoms with Crippen molar-refractivity contribution in [1.29, 1.82) is 0 Å². The van der Waals surface area contributed by atoms with Crippen LogP contribution in [0.5, 0.6) is 0 Å². The lowest BCUT2D eigenvalue weighted by molar-refractivity contribution is 0.0844. The fraction of sp³-hybridized carbons (Fsp3) is 0.0417. The van der Waals surface area contributed by atoms with E-state index in [-0.39, 0.29) is 11.3 Å². The highest BCUT2D eigenvalue weighted by Gasteiger charge is 2.22. The van der Waals surface area contributed by atoms with Crippen LogP contribution in [0.4, 0.5) is 0 Å². The Bertz CT molecular complexity index is 1580. The Morgan fingerprint density at radius 3 is 2.35 bits per heavy atom. The first-order chi connectivity index (χ1) is 16.5. The van der Waals surface area contributed by atoms with Crippen LogP contribution < -0.4 is 16.4 Å². The van der Waals surface area contributed by atoms with E-state index in [9.17, 15) is 14.4 Å². The zero-order valence-electron chi connectivity index (χ0n) is 17.9. The summed E-state index contributed by atoms with van der Waals surface area (Å²) in [6.07, 6.45) is 1.55. The van der Waals surface area contributed by atoms with Crippen LogP contribution in [0.25, 0.3) is 27.9 Å². The minimum absolute atomic E-state index is 0.0302. The van der Waals surface area contributed by atoms with Crippen molar-refractivity contribution in [2.75, 3.05) is 0 Å². The summed E-state index contributed by atoms with van der Waals surface area (Å²) in [5.74, 6) is -0.211. The third-order valence-electron chi connectivity index (χ3n) is 5.15. The molecule has 3 heterocycles. The minimum atomic E-state index is -0.688. The number of aryl methyl sites for hydroxylation is 1. The highest BCUT2D eigenvalue weighted by molar-refractivity contribution is 6.06. The molecule has 34 heavy (non-hydrogen) atoms. The molecule has 0 fully saturated rings. The molecule has 0 aliphatic heterocycles. The summed E-state index contributed by atoms with van der Waals surface area (Å²) < 4.78 is 7.23. The Kier molecular flexibility index (Phi) is 5.23. The van der Waals surface area contributed by atoms with Gasteiger partial charge in [0.25, 0.3) is 17.4 Å². The number of hydrogen-bond acceptors (Lipinski definition) is 6. The quantitative estimate of drug-likeness (QED) is 0.358. The molecule has 5 rings (SSSR count). The van der Waals surface area contributed by atoms with Crippen molar-refractivity contribution in [3.05, 3.63) is 100 Å². The van der Waals surface area contributed by atoms with E-state index in [4.69, 9.17) is 4.42 Å². The van der Waals surface area contributed by atoms with Crippen LogP contribution in [-0.2, 0) is 0 Å². The number of rotatable bonds is 4. The van der Waals surface area contributed by atoms with Crippen molar-refractivity contribution in [2.45, 2.75) is 6.92 Å². The standard InChI is InChI=1S/C24H18N6O4/c1-14-11-12-19(34-14)20-18(13-30(29-20)15-7-3-2-4-8-15)23(32)27-28-24(33)21-16-9-5-6-10-17(16)22(31)26-25-21/h2-13H,1H3,(H,26,31)(H,27,32)(H,28,33). The molecular weight excluding hydrogens is 436 g/mol. The summed E-state index contributed by atoms with van der Waals surface area (Å²) in [4.78, 5) is 37.7. The van der Waals surface area contributed by atoms with Crippen molar-refractivity contribution in [3.63, 3.8) is 0 Å². The number of hydrogen-bond donors (Lipinski definition) is 3. The van der Waals surface area contributed by atoms with Crippen LogP contribution in [0, 0.1) is 6.92 Å². The monoisotopic (exact) mass is 454 g/mol. The third kappa shape index (κ3) is 3.84. The molecule has 0 aliphatic carbocycles. The number of fused-ring (bicyclic) bond motifs is 1. The minimum Gasteiger partial charge on any atom is -0.460 e. The lowest BCUT2D eigenvalue weighted by Crippen LogP contribution is -2.42. The maximum Gasteiger partial charge on any atom is 0.290 e. The fourth-order valence-electron chi connectivity index (χ4n) is 3.52. The zero-order chi connectivity index (χ0) is 23.7. The van der Waals surface area contributed by atoms with Gasteiger partial charge in [0.1, 0.15) is 11.5 Å². The zero-order valence-corrected chi connectivity index (χ0v) is 17.9. The molecular formula is C24H18N6O4. The number of nitrogens with one attached hydrogen (secondary N) is 3. The van der Waals surface area contributed by atoms with Gasteiger partial charge in [-0.1, -0.05) is 36.4 Å². The molecule has 0 unspecified atom stereocenters. The topological polar surface area (TPSA) is 135 Å². The summed E-state index contributed by atoms with van der Waals surface area (Å²) in [7, 11) is 0. The number of nitrogens with zero attached hydrogens (tertiary/aromatic N) is 3. The summed E-state index contributed by atoms with van der Waals surface area (Å²) in [5, 5.41) is 11.3. The second kappa shape index (κ2) is 8.51. The van der Waals surface area contributed by atoms with Gasteiger partial charge < -0.3 is 4.42 Å². The van der Waals surface area contributed by atoms with Crippen LogP contribution >= 0.6 is 0 Å². The molecule has 2 aromatic carbocycles. The van der Waals surface area contributed by atoms with Gasteiger partial charge in [0, 0.05) is 11.6 Å². The number of benzene rings is 2. The maximum atomic E-state index is 13.0. The number of para-hydroxylation sites is 1. The van der Waals surface area contributed by atoms with Crippen molar-refractivity contribution >= 4 is 22.6 Å². The summed E-state index contributed by atoms with van der Waals surface area (Å²) in [6, 6.07) is 19.3. The molecule has 0 saturated heterocycles. The maximum absolute atomic E-state index is 13.0. The van der Waals surface area contributed by atoms with Crippen LogP contribution in [0.15, 0.2) is 82.1 Å². The van der Waals surface area contributed by atoms with Crippen molar-refractivity contribution in [1.82, 2.24) is 30.8 Å². The van der Waals surface area contributed by atoms with Crippen LogP contribution in [0.3, 0.4) is 0 Å². The van der Waals surface area contributed by atoms with E-state index in [0.29, 0.717) is 28.0 Å². The number of aromatic nitrogens is 4. The van der Waals surface area contributed by atoms with Gasteiger partial charge in [0.05, 0.1) is 16.6 Å². The number of amides is 2. The first kappa shape index (κ1) is 20.9. The Labute approximate surface area is 192 Å². The van der Waals surface area contributed by atoms with Gasteiger partial charge in [-0.25, -0.2) is 9.78 Å². The van der Waals surface area contributed by atoms with Gasteiger partial charge in [0.2, 0.25) is 0 Å². The van der Waals surface area contributed by atoms with Crippen LogP contribution in [-0.4, -0.2) is 31.8 Å². The summed E-state index contributed by atoms with van der Waals surface area (Å²) in [5.41, 5.74) is 5.56. The molecule has 168 valence electrons. The molecule has 5 aromatic rings. The molecule has 2 amide bonds. The van der Waals surface area contributed by atoms with E-state index in [2.05, 4.69) is 26.1 Å². The SMILES string of the molecule is Cc1ccc(-c2nn(-c3ccccc3)cc2C(=O)NNC(=O)c2n[nH]c(=O)c3ccccc23)o1. The number of furan rings is 1. The van der Waals surface area contributed by atoms with Gasteiger partial charge >= 0.3 is 0 Å². The molecule has 0 atom stereocenters. The lowest BCUT2D eigenvalue weighted by Gasteiger charge is -2.08. The molecule has 0 radical (unpaired) electrons. The first-order valence-electron chi connectivity index (χ1n) is 10.3. The van der Waals surface area contributed by atoms with E-state index in [1.807, 2.05) is 30.3 Å². The molecule has 0 spiro atoms. The molecule has 10 nitrogen and oxygen atoms in total. The average molecular weight is 454 g/mol. The van der Waals surface area contributed by atoms with Gasteiger partial charge in [0.15, 0.2) is 11.5 Å². The lowest BCUT2D eigenvalue weighted by atomic mass is 10.1. The molecule has 0 aliphatic rings. The molecule has 10 heteroatoms. The fourth-order valence-corrected chi connectivity index (χ4v) is 3.52. The first-order valence-corrected chi connectivity index (χ1v) is 10.3. The average Bonchev–Trinajstić information content (AvgIpc) is 3.50. The third-order valence-corrected chi connectivity index (χ3v) is 5.15. The Hall–Kier alpha value is -4.99. The van der Waals surface area contributed by atoms with Gasteiger partial charge in [-0.3, -0.25) is 25.2 Å². The number of H-pyrrole nitrogens is 1. The van der Waals surface area contributed by atoms with E-state index in [1.165, 1.54) is 0 Å². The smallest absolute Gasteiger partial charge is 0.290 e. The highest BCUT2D eigenvalue weighted by atomic mass is 16.3. The predicted octanol–water partition coefficient (Wildman–Crippen LogP) is 2.75. The highest BCUT2D eigenvalue weighted by Crippen LogP contribution is 2.25. The van der Waals surface area contributed by atoms with Gasteiger partial charge in [-0.15, -0.1) is 0 Å². The van der Waals surface area contributed by atoms with Gasteiger partial charge in [-0.2, -0.15) is 10.2 Å².